The van der Waals surface area contributed by atoms with Crippen LogP contribution >= 0.6 is 0 Å². The van der Waals surface area contributed by atoms with Gasteiger partial charge in [0.05, 0.1) is 12.2 Å². The summed E-state index contributed by atoms with van der Waals surface area (Å²) in [4.78, 5) is 0. The van der Waals surface area contributed by atoms with E-state index >= 15 is 0 Å². The predicted molar refractivity (Wildman–Crippen MR) is 46.9 cm³/mol. The molecule has 12 heavy (non-hydrogen) atoms. The van der Waals surface area contributed by atoms with E-state index in [0.717, 1.165) is 0 Å². The number of hydrogen-bond acceptors (Lipinski definition) is 2. The van der Waals surface area contributed by atoms with Crippen molar-refractivity contribution in [2.75, 3.05) is 7.05 Å². The van der Waals surface area contributed by atoms with E-state index in [-0.39, 0.29) is 24.2 Å². The average molecular weight is 175 g/mol. The van der Waals surface area contributed by atoms with Crippen LogP contribution in [0.3, 0.4) is 0 Å². The van der Waals surface area contributed by atoms with Crippen LogP contribution in [0.2, 0.25) is 0 Å². The molecular formula is C9H18FNO. The highest BCUT2D eigenvalue weighted by Crippen LogP contribution is 2.27. The number of likely N-dealkylation sites (N-methyl/N-ethyl adjacent to an activating group) is 1. The second-order valence-electron chi connectivity index (χ2n) is 3.66. The van der Waals surface area contributed by atoms with Gasteiger partial charge in [-0.2, -0.15) is 0 Å². The van der Waals surface area contributed by atoms with Crippen molar-refractivity contribution in [2.24, 2.45) is 5.92 Å². The standard InChI is InChI=1S/C9H18FNO/c1-5-8(10)6(2)12-7(3)9(5)11-4/h5-9,11H,1-4H3. The van der Waals surface area contributed by atoms with Crippen LogP contribution < -0.4 is 5.32 Å². The summed E-state index contributed by atoms with van der Waals surface area (Å²) < 4.78 is 18.9. The first-order valence-electron chi connectivity index (χ1n) is 4.54. The molecule has 1 aliphatic heterocycles. The van der Waals surface area contributed by atoms with E-state index in [0.29, 0.717) is 0 Å². The first-order valence-corrected chi connectivity index (χ1v) is 4.54. The lowest BCUT2D eigenvalue weighted by Crippen LogP contribution is -2.54. The Hall–Kier alpha value is -0.150. The molecule has 2 nitrogen and oxygen atoms in total. The van der Waals surface area contributed by atoms with Gasteiger partial charge >= 0.3 is 0 Å². The fourth-order valence-electron chi connectivity index (χ4n) is 2.05. The molecule has 1 N–H and O–H groups in total. The summed E-state index contributed by atoms with van der Waals surface area (Å²) in [7, 11) is 1.85. The molecular weight excluding hydrogens is 157 g/mol. The summed E-state index contributed by atoms with van der Waals surface area (Å²) in [5.41, 5.74) is 0. The number of alkyl halides is 1. The second-order valence-corrected chi connectivity index (χ2v) is 3.66. The molecule has 0 aromatic rings. The van der Waals surface area contributed by atoms with Crippen molar-refractivity contribution in [3.05, 3.63) is 0 Å². The summed E-state index contributed by atoms with van der Waals surface area (Å²) in [6, 6.07) is 0.135. The molecule has 0 aliphatic carbocycles. The molecule has 72 valence electrons. The van der Waals surface area contributed by atoms with Gasteiger partial charge in [-0.1, -0.05) is 6.92 Å². The third kappa shape index (κ3) is 1.62. The first kappa shape index (κ1) is 9.93. The molecule has 1 fully saturated rings. The molecule has 5 unspecified atom stereocenters. The van der Waals surface area contributed by atoms with E-state index in [4.69, 9.17) is 4.74 Å². The van der Waals surface area contributed by atoms with Crippen molar-refractivity contribution in [3.8, 4) is 0 Å². The van der Waals surface area contributed by atoms with Gasteiger partial charge < -0.3 is 10.1 Å². The zero-order valence-electron chi connectivity index (χ0n) is 8.17. The zero-order chi connectivity index (χ0) is 9.30. The van der Waals surface area contributed by atoms with Gasteiger partial charge in [0.25, 0.3) is 0 Å². The molecule has 0 aromatic carbocycles. The summed E-state index contributed by atoms with van der Waals surface area (Å²) in [6.07, 6.45) is -1.01. The van der Waals surface area contributed by atoms with Crippen LogP contribution in [0.25, 0.3) is 0 Å². The lowest BCUT2D eigenvalue weighted by molar-refractivity contribution is -0.116. The average Bonchev–Trinajstić information content (AvgIpc) is 2.01. The summed E-state index contributed by atoms with van der Waals surface area (Å²) in [5, 5.41) is 3.09. The normalized spacial score (nSPS) is 49.2. The Morgan fingerprint density at radius 3 is 2.25 bits per heavy atom. The van der Waals surface area contributed by atoms with Crippen molar-refractivity contribution in [1.29, 1.82) is 0 Å². The minimum Gasteiger partial charge on any atom is -0.371 e. The third-order valence-corrected chi connectivity index (χ3v) is 2.79. The molecule has 0 saturated carbocycles. The van der Waals surface area contributed by atoms with Gasteiger partial charge in [0.1, 0.15) is 6.17 Å². The number of rotatable bonds is 1. The topological polar surface area (TPSA) is 21.3 Å². The Morgan fingerprint density at radius 2 is 1.75 bits per heavy atom. The second kappa shape index (κ2) is 3.71. The maximum atomic E-state index is 13.4. The maximum Gasteiger partial charge on any atom is 0.130 e. The van der Waals surface area contributed by atoms with E-state index in [1.165, 1.54) is 0 Å². The first-order chi connectivity index (χ1) is 5.57. The number of ether oxygens (including phenoxy) is 1. The Labute approximate surface area is 73.5 Å². The van der Waals surface area contributed by atoms with Crippen molar-refractivity contribution in [2.45, 2.75) is 45.2 Å². The van der Waals surface area contributed by atoms with Crippen LogP contribution in [0.5, 0.6) is 0 Å². The third-order valence-electron chi connectivity index (χ3n) is 2.79. The van der Waals surface area contributed by atoms with Crippen molar-refractivity contribution < 1.29 is 9.13 Å². The fraction of sp³-hybridized carbons (Fsp3) is 1.00. The zero-order valence-corrected chi connectivity index (χ0v) is 8.17. The minimum atomic E-state index is -0.848. The highest BCUT2D eigenvalue weighted by molar-refractivity contribution is 4.90. The fourth-order valence-corrected chi connectivity index (χ4v) is 2.05. The smallest absolute Gasteiger partial charge is 0.130 e. The van der Waals surface area contributed by atoms with Gasteiger partial charge in [-0.15, -0.1) is 0 Å². The monoisotopic (exact) mass is 175 g/mol. The van der Waals surface area contributed by atoms with E-state index < -0.39 is 6.17 Å². The summed E-state index contributed by atoms with van der Waals surface area (Å²) in [5.74, 6) is 0.0359. The van der Waals surface area contributed by atoms with Gasteiger partial charge in [-0.05, 0) is 20.9 Å². The minimum absolute atomic E-state index is 0.0359. The van der Waals surface area contributed by atoms with Crippen LogP contribution in [0.1, 0.15) is 20.8 Å². The Bertz CT molecular complexity index is 153. The lowest BCUT2D eigenvalue weighted by atomic mass is 9.87. The Morgan fingerprint density at radius 1 is 1.17 bits per heavy atom. The number of nitrogens with one attached hydrogen (secondary N) is 1. The maximum absolute atomic E-state index is 13.4. The Kier molecular flexibility index (Phi) is 3.07. The van der Waals surface area contributed by atoms with E-state index in [2.05, 4.69) is 5.32 Å². The van der Waals surface area contributed by atoms with Crippen molar-refractivity contribution in [1.82, 2.24) is 5.32 Å². The molecule has 3 heteroatoms. The molecule has 0 amide bonds. The van der Waals surface area contributed by atoms with Gasteiger partial charge in [0, 0.05) is 12.0 Å². The van der Waals surface area contributed by atoms with Gasteiger partial charge in [0.2, 0.25) is 0 Å². The van der Waals surface area contributed by atoms with E-state index in [9.17, 15) is 4.39 Å². The quantitative estimate of drug-likeness (QED) is 0.649. The molecule has 5 atom stereocenters. The predicted octanol–water partition coefficient (Wildman–Crippen LogP) is 1.36. The van der Waals surface area contributed by atoms with Gasteiger partial charge in [-0.3, -0.25) is 0 Å². The summed E-state index contributed by atoms with van der Waals surface area (Å²) >= 11 is 0. The van der Waals surface area contributed by atoms with E-state index in [1.807, 2.05) is 20.9 Å². The Balaban J connectivity index is 2.65. The van der Waals surface area contributed by atoms with Crippen molar-refractivity contribution >= 4 is 0 Å². The molecule has 1 rings (SSSR count). The van der Waals surface area contributed by atoms with Crippen molar-refractivity contribution in [3.63, 3.8) is 0 Å². The molecule has 0 radical (unpaired) electrons. The number of halogens is 1. The van der Waals surface area contributed by atoms with Crippen LogP contribution in [0.15, 0.2) is 0 Å². The summed E-state index contributed by atoms with van der Waals surface area (Å²) in [6.45, 7) is 5.71. The molecule has 1 heterocycles. The highest BCUT2D eigenvalue weighted by Gasteiger charge is 2.38. The largest absolute Gasteiger partial charge is 0.371 e. The lowest BCUT2D eigenvalue weighted by Gasteiger charge is -2.40. The molecule has 0 bridgehead atoms. The molecule has 1 aliphatic rings. The van der Waals surface area contributed by atoms with Gasteiger partial charge in [0.15, 0.2) is 0 Å². The van der Waals surface area contributed by atoms with Crippen LogP contribution in [0, 0.1) is 5.92 Å². The van der Waals surface area contributed by atoms with Crippen LogP contribution in [0.4, 0.5) is 4.39 Å². The highest BCUT2D eigenvalue weighted by atomic mass is 19.1. The van der Waals surface area contributed by atoms with Gasteiger partial charge in [-0.25, -0.2) is 4.39 Å². The van der Waals surface area contributed by atoms with E-state index in [1.54, 1.807) is 6.92 Å². The van der Waals surface area contributed by atoms with Crippen LogP contribution in [-0.2, 0) is 4.74 Å². The SMILES string of the molecule is CNC1C(C)OC(C)C(F)C1C. The number of hydrogen-bond donors (Lipinski definition) is 1. The van der Waals surface area contributed by atoms with Crippen LogP contribution in [-0.4, -0.2) is 31.5 Å². The molecule has 0 aromatic heterocycles. The molecule has 0 spiro atoms. The molecule has 1 saturated heterocycles.